The molecule has 1 aromatic heterocycles. The van der Waals surface area contributed by atoms with Gasteiger partial charge >= 0.3 is 0 Å². The molecule has 1 unspecified atom stereocenters. The average Bonchev–Trinajstić information content (AvgIpc) is 2.63. The first-order chi connectivity index (χ1) is 7.47. The van der Waals surface area contributed by atoms with Crippen molar-refractivity contribution < 1.29 is 4.74 Å². The van der Waals surface area contributed by atoms with Crippen LogP contribution in [0.25, 0.3) is 0 Å². The third kappa shape index (κ3) is 5.88. The van der Waals surface area contributed by atoms with Crippen LogP contribution in [0.2, 0.25) is 0 Å². The van der Waals surface area contributed by atoms with Gasteiger partial charge in [0.15, 0.2) is 0 Å². The SMILES string of the molecule is CC(Cn1ccnc1)NCCOC(C)(C)C. The number of nitrogens with one attached hydrogen (secondary N) is 1. The lowest BCUT2D eigenvalue weighted by Gasteiger charge is -2.21. The Morgan fingerprint density at radius 1 is 1.44 bits per heavy atom. The van der Waals surface area contributed by atoms with E-state index in [2.05, 4.69) is 42.6 Å². The second-order valence-corrected chi connectivity index (χ2v) is 5.08. The fraction of sp³-hybridized carbons (Fsp3) is 0.750. The number of rotatable bonds is 6. The van der Waals surface area contributed by atoms with Crippen molar-refractivity contribution in [2.75, 3.05) is 13.2 Å². The summed E-state index contributed by atoms with van der Waals surface area (Å²) in [7, 11) is 0. The number of nitrogens with zero attached hydrogens (tertiary/aromatic N) is 2. The van der Waals surface area contributed by atoms with Crippen LogP contribution >= 0.6 is 0 Å². The van der Waals surface area contributed by atoms with Crippen LogP contribution in [0.5, 0.6) is 0 Å². The monoisotopic (exact) mass is 225 g/mol. The lowest BCUT2D eigenvalue weighted by atomic mass is 10.2. The van der Waals surface area contributed by atoms with Gasteiger partial charge in [0.25, 0.3) is 0 Å². The van der Waals surface area contributed by atoms with Gasteiger partial charge in [-0.3, -0.25) is 0 Å². The highest BCUT2D eigenvalue weighted by Gasteiger charge is 2.09. The summed E-state index contributed by atoms with van der Waals surface area (Å²) in [5.74, 6) is 0. The quantitative estimate of drug-likeness (QED) is 0.749. The van der Waals surface area contributed by atoms with E-state index in [1.807, 2.05) is 12.5 Å². The number of aromatic nitrogens is 2. The molecule has 4 nitrogen and oxygen atoms in total. The van der Waals surface area contributed by atoms with Crippen LogP contribution in [0.15, 0.2) is 18.7 Å². The standard InChI is InChI=1S/C12H23N3O/c1-11(9-15-7-5-13-10-15)14-6-8-16-12(2,3)4/h5,7,10-11,14H,6,8-9H2,1-4H3. The molecule has 92 valence electrons. The van der Waals surface area contributed by atoms with E-state index in [-0.39, 0.29) is 5.60 Å². The van der Waals surface area contributed by atoms with Gasteiger partial charge in [-0.2, -0.15) is 0 Å². The Labute approximate surface area is 98.0 Å². The van der Waals surface area contributed by atoms with E-state index >= 15 is 0 Å². The Hall–Kier alpha value is -0.870. The Bertz CT molecular complexity index is 277. The summed E-state index contributed by atoms with van der Waals surface area (Å²) in [4.78, 5) is 4.01. The van der Waals surface area contributed by atoms with Gasteiger partial charge in [0.1, 0.15) is 0 Å². The van der Waals surface area contributed by atoms with Crippen LogP contribution in [0.3, 0.4) is 0 Å². The third-order valence-electron chi connectivity index (χ3n) is 2.17. The van der Waals surface area contributed by atoms with Gasteiger partial charge in [-0.1, -0.05) is 0 Å². The number of imidazole rings is 1. The van der Waals surface area contributed by atoms with E-state index < -0.39 is 0 Å². The third-order valence-corrected chi connectivity index (χ3v) is 2.17. The first-order valence-electron chi connectivity index (χ1n) is 5.80. The molecule has 0 amide bonds. The maximum Gasteiger partial charge on any atom is 0.0946 e. The smallest absolute Gasteiger partial charge is 0.0946 e. The molecule has 16 heavy (non-hydrogen) atoms. The molecule has 1 rings (SSSR count). The molecule has 0 spiro atoms. The topological polar surface area (TPSA) is 39.1 Å². The summed E-state index contributed by atoms with van der Waals surface area (Å²) < 4.78 is 7.70. The van der Waals surface area contributed by atoms with Crippen LogP contribution in [-0.2, 0) is 11.3 Å². The van der Waals surface area contributed by atoms with Crippen molar-refractivity contribution in [3.63, 3.8) is 0 Å². The molecule has 0 saturated heterocycles. The van der Waals surface area contributed by atoms with Crippen LogP contribution in [0.1, 0.15) is 27.7 Å². The molecule has 0 aromatic carbocycles. The first-order valence-corrected chi connectivity index (χ1v) is 5.80. The number of ether oxygens (including phenoxy) is 1. The van der Waals surface area contributed by atoms with Crippen LogP contribution in [-0.4, -0.2) is 34.3 Å². The van der Waals surface area contributed by atoms with Gasteiger partial charge < -0.3 is 14.6 Å². The van der Waals surface area contributed by atoms with E-state index in [0.717, 1.165) is 19.7 Å². The summed E-state index contributed by atoms with van der Waals surface area (Å²) in [6.07, 6.45) is 5.61. The first kappa shape index (κ1) is 13.2. The fourth-order valence-electron chi connectivity index (χ4n) is 1.44. The van der Waals surface area contributed by atoms with Gasteiger partial charge in [-0.15, -0.1) is 0 Å². The van der Waals surface area contributed by atoms with Gasteiger partial charge in [0.2, 0.25) is 0 Å². The van der Waals surface area contributed by atoms with Gasteiger partial charge in [-0.05, 0) is 27.7 Å². The van der Waals surface area contributed by atoms with Crippen LogP contribution < -0.4 is 5.32 Å². The maximum atomic E-state index is 5.63. The Morgan fingerprint density at radius 3 is 2.75 bits per heavy atom. The lowest BCUT2D eigenvalue weighted by Crippen LogP contribution is -2.34. The molecule has 0 bridgehead atoms. The minimum Gasteiger partial charge on any atom is -0.375 e. The van der Waals surface area contributed by atoms with Crippen LogP contribution in [0, 0.1) is 0 Å². The molecule has 0 aliphatic carbocycles. The molecule has 0 saturated carbocycles. The molecule has 1 N–H and O–H groups in total. The molecule has 0 fully saturated rings. The van der Waals surface area contributed by atoms with E-state index in [0.29, 0.717) is 6.04 Å². The largest absolute Gasteiger partial charge is 0.375 e. The summed E-state index contributed by atoms with van der Waals surface area (Å²) in [5.41, 5.74) is -0.0464. The predicted molar refractivity (Wildman–Crippen MR) is 65.4 cm³/mol. The molecular formula is C12H23N3O. The molecule has 1 aromatic rings. The zero-order valence-corrected chi connectivity index (χ0v) is 10.7. The highest BCUT2D eigenvalue weighted by atomic mass is 16.5. The van der Waals surface area contributed by atoms with Crippen LogP contribution in [0.4, 0.5) is 0 Å². The predicted octanol–water partition coefficient (Wildman–Crippen LogP) is 1.68. The Balaban J connectivity index is 2.09. The minimum atomic E-state index is -0.0464. The summed E-state index contributed by atoms with van der Waals surface area (Å²) in [5, 5.41) is 3.42. The molecule has 4 heteroatoms. The summed E-state index contributed by atoms with van der Waals surface area (Å²) >= 11 is 0. The minimum absolute atomic E-state index is 0.0464. The van der Waals surface area contributed by atoms with Gasteiger partial charge in [0.05, 0.1) is 18.5 Å². The number of hydrogen-bond donors (Lipinski definition) is 1. The second-order valence-electron chi connectivity index (χ2n) is 5.08. The van der Waals surface area contributed by atoms with E-state index in [1.54, 1.807) is 6.20 Å². The molecule has 0 radical (unpaired) electrons. The van der Waals surface area contributed by atoms with Gasteiger partial charge in [-0.25, -0.2) is 4.98 Å². The van der Waals surface area contributed by atoms with Gasteiger partial charge in [0, 0.05) is 31.5 Å². The second kappa shape index (κ2) is 6.01. The Kier molecular flexibility index (Phi) is 4.96. The maximum absolute atomic E-state index is 5.63. The van der Waals surface area contributed by atoms with Crippen molar-refractivity contribution in [1.29, 1.82) is 0 Å². The fourth-order valence-corrected chi connectivity index (χ4v) is 1.44. The highest BCUT2D eigenvalue weighted by Crippen LogP contribution is 2.05. The molecule has 0 aliphatic rings. The van der Waals surface area contributed by atoms with Crippen molar-refractivity contribution in [1.82, 2.24) is 14.9 Å². The van der Waals surface area contributed by atoms with E-state index in [4.69, 9.17) is 4.74 Å². The van der Waals surface area contributed by atoms with Crippen molar-refractivity contribution in [3.8, 4) is 0 Å². The normalized spacial score (nSPS) is 14.0. The molecule has 1 atom stereocenters. The Morgan fingerprint density at radius 2 is 2.19 bits per heavy atom. The zero-order valence-electron chi connectivity index (χ0n) is 10.7. The zero-order chi connectivity index (χ0) is 12.0. The molecule has 1 heterocycles. The average molecular weight is 225 g/mol. The van der Waals surface area contributed by atoms with E-state index in [1.165, 1.54) is 0 Å². The van der Waals surface area contributed by atoms with Crippen molar-refractivity contribution in [2.24, 2.45) is 0 Å². The lowest BCUT2D eigenvalue weighted by molar-refractivity contribution is -0.00161. The summed E-state index contributed by atoms with van der Waals surface area (Å²) in [6, 6.07) is 0.428. The van der Waals surface area contributed by atoms with Crippen molar-refractivity contribution >= 4 is 0 Å². The summed E-state index contributed by atoms with van der Waals surface area (Å²) in [6.45, 7) is 10.9. The molecule has 0 aliphatic heterocycles. The number of hydrogen-bond acceptors (Lipinski definition) is 3. The highest BCUT2D eigenvalue weighted by molar-refractivity contribution is 4.76. The van der Waals surface area contributed by atoms with Crippen molar-refractivity contribution in [2.45, 2.75) is 45.9 Å². The van der Waals surface area contributed by atoms with E-state index in [9.17, 15) is 0 Å². The molecular weight excluding hydrogens is 202 g/mol. The van der Waals surface area contributed by atoms with Crippen molar-refractivity contribution in [3.05, 3.63) is 18.7 Å².